The van der Waals surface area contributed by atoms with Crippen LogP contribution in [0.1, 0.15) is 32.6 Å². The van der Waals surface area contributed by atoms with Crippen LogP contribution < -0.4 is 0 Å². The quantitative estimate of drug-likeness (QED) is 0.392. The number of nitrogens with zero attached hydrogens (tertiary/aromatic N) is 2. The third kappa shape index (κ3) is 4.63. The van der Waals surface area contributed by atoms with Crippen LogP contribution in [0, 0.1) is 25.2 Å². The molecule has 0 aromatic heterocycles. The zero-order valence-electron chi connectivity index (χ0n) is 18.7. The van der Waals surface area contributed by atoms with E-state index >= 15 is 0 Å². The zero-order chi connectivity index (χ0) is 24.2. The molecule has 7 heteroatoms. The monoisotopic (exact) mass is 461 g/mol. The smallest absolute Gasteiger partial charge is 0.297 e. The Morgan fingerprint density at radius 3 is 2.09 bits per heavy atom. The summed E-state index contributed by atoms with van der Waals surface area (Å²) in [6.45, 7) is 3.65. The van der Waals surface area contributed by atoms with E-state index in [-0.39, 0.29) is 16.9 Å². The topological polar surface area (TPSA) is 92.1 Å². The van der Waals surface area contributed by atoms with Crippen molar-refractivity contribution in [2.45, 2.75) is 31.2 Å². The summed E-state index contributed by atoms with van der Waals surface area (Å²) in [5.74, 6) is -0.684. The second kappa shape index (κ2) is 9.49. The molecule has 3 rings (SSSR count). The lowest BCUT2D eigenvalue weighted by atomic mass is 10.0. The number of carbonyl (C=O) groups excluding carboxylic acids is 2. The van der Waals surface area contributed by atoms with Crippen LogP contribution in [0.3, 0.4) is 0 Å². The summed E-state index contributed by atoms with van der Waals surface area (Å²) in [5.41, 5.74) is 2.95. The first kappa shape index (κ1) is 24.1. The number of nitriles is 1. The van der Waals surface area contributed by atoms with Gasteiger partial charge in [-0.15, -0.1) is 3.89 Å². The maximum atomic E-state index is 13.9. The molecule has 3 aromatic carbocycles. The highest BCUT2D eigenvalue weighted by Crippen LogP contribution is 2.30. The van der Waals surface area contributed by atoms with Gasteiger partial charge in [0.2, 0.25) is 0 Å². The van der Waals surface area contributed by atoms with Gasteiger partial charge in [-0.3, -0.25) is 4.79 Å². The molecule has 0 aliphatic heterocycles. The van der Waals surface area contributed by atoms with Crippen molar-refractivity contribution in [2.75, 3.05) is 7.05 Å². The van der Waals surface area contributed by atoms with Crippen molar-refractivity contribution in [1.82, 2.24) is 0 Å². The average molecular weight is 462 g/mol. The Kier molecular flexibility index (Phi) is 6.92. The first-order valence-electron chi connectivity index (χ1n) is 10.4. The van der Waals surface area contributed by atoms with Crippen LogP contribution in [0.25, 0.3) is 0 Å². The molecule has 168 valence electrons. The van der Waals surface area contributed by atoms with Crippen molar-refractivity contribution in [1.29, 1.82) is 5.26 Å². The van der Waals surface area contributed by atoms with Crippen LogP contribution in [0.2, 0.25) is 0 Å². The van der Waals surface area contributed by atoms with E-state index in [9.17, 15) is 18.0 Å². The molecule has 6 nitrogen and oxygen atoms in total. The number of aryl methyl sites for hydroxylation is 2. The van der Waals surface area contributed by atoms with E-state index in [0.717, 1.165) is 11.1 Å². The van der Waals surface area contributed by atoms with Gasteiger partial charge in [-0.1, -0.05) is 36.4 Å². The molecule has 0 fully saturated rings. The predicted octanol–water partition coefficient (Wildman–Crippen LogP) is 3.96. The van der Waals surface area contributed by atoms with E-state index in [0.29, 0.717) is 17.4 Å². The van der Waals surface area contributed by atoms with Crippen LogP contribution in [0.4, 0.5) is 0 Å². The first-order valence-corrected chi connectivity index (χ1v) is 11.8. The second-order valence-electron chi connectivity index (χ2n) is 8.18. The molecule has 0 saturated heterocycles. The summed E-state index contributed by atoms with van der Waals surface area (Å²) in [7, 11) is -3.03. The van der Waals surface area contributed by atoms with Crippen LogP contribution in [0.5, 0.6) is 0 Å². The molecular weight excluding hydrogens is 436 g/mol. The molecule has 0 radical (unpaired) electrons. The Morgan fingerprint density at radius 2 is 1.58 bits per heavy atom. The molecule has 0 spiro atoms. The third-order valence-corrected chi connectivity index (χ3v) is 8.03. The molecule has 33 heavy (non-hydrogen) atoms. The Hall–Kier alpha value is -3.60. The number of rotatable bonds is 7. The van der Waals surface area contributed by atoms with Gasteiger partial charge in [-0.25, -0.2) is 4.79 Å². The van der Waals surface area contributed by atoms with Gasteiger partial charge in [0, 0.05) is 6.42 Å². The SMILES string of the molecule is Cc1cc(C)cc(C(=O)[N+](C)([C@H](C=O)Cc2ccc(C#N)cc2)S(=O)(=O)c2ccccc2)c1. The minimum Gasteiger partial charge on any atom is -0.297 e. The summed E-state index contributed by atoms with van der Waals surface area (Å²) in [6, 6.07) is 20.2. The van der Waals surface area contributed by atoms with E-state index < -0.39 is 25.9 Å². The minimum absolute atomic E-state index is 0.00824. The average Bonchev–Trinajstić information content (AvgIpc) is 2.81. The number of sulfonamides is 1. The van der Waals surface area contributed by atoms with Crippen molar-refractivity contribution < 1.29 is 21.9 Å². The second-order valence-corrected chi connectivity index (χ2v) is 10.4. The number of carbonyl (C=O) groups is 2. The summed E-state index contributed by atoms with van der Waals surface area (Å²) < 4.78 is 26.6. The van der Waals surface area contributed by atoms with Crippen molar-refractivity contribution in [3.05, 3.63) is 101 Å². The number of likely N-dealkylation sites (N-methyl/N-ethyl adjacent to an activating group) is 1. The van der Waals surface area contributed by atoms with Crippen molar-refractivity contribution in [3.63, 3.8) is 0 Å². The van der Waals surface area contributed by atoms with Gasteiger partial charge >= 0.3 is 15.9 Å². The normalized spacial score (nSPS) is 14.0. The van der Waals surface area contributed by atoms with Gasteiger partial charge in [-0.05, 0) is 66.9 Å². The molecular formula is C26H25N2O4S+. The Morgan fingerprint density at radius 1 is 1.00 bits per heavy atom. The fourth-order valence-electron chi connectivity index (χ4n) is 3.90. The molecule has 2 atom stereocenters. The van der Waals surface area contributed by atoms with Crippen LogP contribution in [0.15, 0.2) is 77.7 Å². The van der Waals surface area contributed by atoms with Crippen LogP contribution in [-0.4, -0.2) is 37.6 Å². The molecule has 0 heterocycles. The highest BCUT2D eigenvalue weighted by Gasteiger charge is 2.52. The van der Waals surface area contributed by atoms with E-state index in [1.807, 2.05) is 26.0 Å². The van der Waals surface area contributed by atoms with Gasteiger partial charge in [0.25, 0.3) is 0 Å². The number of benzene rings is 3. The number of hydrogen-bond donors (Lipinski definition) is 0. The highest BCUT2D eigenvalue weighted by molar-refractivity contribution is 7.86. The number of aldehydes is 1. The van der Waals surface area contributed by atoms with E-state index in [4.69, 9.17) is 5.26 Å². The van der Waals surface area contributed by atoms with Crippen molar-refractivity contribution in [2.24, 2.45) is 0 Å². The maximum Gasteiger partial charge on any atom is 0.361 e. The van der Waals surface area contributed by atoms with Crippen LogP contribution >= 0.6 is 0 Å². The summed E-state index contributed by atoms with van der Waals surface area (Å²) in [4.78, 5) is 26.2. The number of quaternary nitrogens is 1. The number of amides is 1. The van der Waals surface area contributed by atoms with Crippen molar-refractivity contribution >= 4 is 22.2 Å². The third-order valence-electron chi connectivity index (χ3n) is 5.73. The Labute approximate surface area is 194 Å². The molecule has 1 amide bonds. The molecule has 3 aromatic rings. The fourth-order valence-corrected chi connectivity index (χ4v) is 5.64. The Bertz CT molecular complexity index is 1310. The lowest BCUT2D eigenvalue weighted by Gasteiger charge is -2.35. The molecule has 0 bridgehead atoms. The van der Waals surface area contributed by atoms with Gasteiger partial charge in [0.05, 0.1) is 24.2 Å². The molecule has 0 aliphatic rings. The summed E-state index contributed by atoms with van der Waals surface area (Å²) >= 11 is 0. The lowest BCUT2D eigenvalue weighted by Crippen LogP contribution is -2.61. The van der Waals surface area contributed by atoms with Gasteiger partial charge in [0.15, 0.2) is 12.3 Å². The number of hydrogen-bond acceptors (Lipinski definition) is 5. The Balaban J connectivity index is 2.19. The van der Waals surface area contributed by atoms with E-state index in [2.05, 4.69) is 0 Å². The van der Waals surface area contributed by atoms with Gasteiger partial charge in [0.1, 0.15) is 4.90 Å². The standard InChI is InChI=1S/C26H25N2O4S/c1-19-13-20(2)15-23(14-19)26(30)28(3,33(31,32)25-7-5-4-6-8-25)24(18-29)16-21-9-11-22(17-27)12-10-21/h4-15,18,24H,16H2,1-3H3/q+1/t24-,28?/m0/s1. The molecule has 1 unspecified atom stereocenters. The van der Waals surface area contributed by atoms with Gasteiger partial charge in [-0.2, -0.15) is 13.7 Å². The lowest BCUT2D eigenvalue weighted by molar-refractivity contribution is -0.715. The summed E-state index contributed by atoms with van der Waals surface area (Å²) in [5, 5.41) is 9.03. The maximum absolute atomic E-state index is 13.9. The predicted molar refractivity (Wildman–Crippen MR) is 125 cm³/mol. The van der Waals surface area contributed by atoms with Crippen LogP contribution in [-0.2, 0) is 21.2 Å². The largest absolute Gasteiger partial charge is 0.361 e. The van der Waals surface area contributed by atoms with Gasteiger partial charge < -0.3 is 0 Å². The zero-order valence-corrected chi connectivity index (χ0v) is 19.5. The minimum atomic E-state index is -4.31. The van der Waals surface area contributed by atoms with E-state index in [1.54, 1.807) is 54.6 Å². The summed E-state index contributed by atoms with van der Waals surface area (Å²) in [6.07, 6.45) is 0.535. The highest BCUT2D eigenvalue weighted by atomic mass is 32.2. The van der Waals surface area contributed by atoms with Crippen molar-refractivity contribution in [3.8, 4) is 6.07 Å². The van der Waals surface area contributed by atoms with E-state index in [1.165, 1.54) is 19.2 Å². The molecule has 0 aliphatic carbocycles. The first-order chi connectivity index (χ1) is 15.6. The molecule has 0 saturated carbocycles. The fraction of sp³-hybridized carbons (Fsp3) is 0.192. The molecule has 0 N–H and O–H groups in total.